The first-order chi connectivity index (χ1) is 13.0. The quantitative estimate of drug-likeness (QED) is 0.711. The molecule has 2 aromatic heterocycles. The molecule has 1 atom stereocenters. The van der Waals surface area contributed by atoms with E-state index in [0.717, 1.165) is 17.8 Å². The molecule has 0 bridgehead atoms. The molecule has 0 aliphatic carbocycles. The van der Waals surface area contributed by atoms with Crippen molar-refractivity contribution in [3.63, 3.8) is 0 Å². The zero-order valence-corrected chi connectivity index (χ0v) is 15.8. The van der Waals surface area contributed by atoms with Crippen molar-refractivity contribution in [3.05, 3.63) is 54.0 Å². The Labute approximate surface area is 158 Å². The van der Waals surface area contributed by atoms with E-state index in [1.54, 1.807) is 0 Å². The van der Waals surface area contributed by atoms with E-state index in [1.807, 2.05) is 78.1 Å². The number of nitrogens with zero attached hydrogens (tertiary/aromatic N) is 5. The van der Waals surface area contributed by atoms with Gasteiger partial charge in [-0.15, -0.1) is 0 Å². The van der Waals surface area contributed by atoms with E-state index in [9.17, 15) is 4.79 Å². The highest BCUT2D eigenvalue weighted by Gasteiger charge is 2.31. The molecule has 1 fully saturated rings. The standard InChI is InChI=1S/C20H23N5O2/c1-23(2)16-8-6-14(7-9-16)20(26)25-12-10-15(13-25)19-21-18(22-27-19)17-5-4-11-24(17)3/h4-9,11,15H,10,12-13H2,1-3H3. The maximum Gasteiger partial charge on any atom is 0.253 e. The lowest BCUT2D eigenvalue weighted by Gasteiger charge is -2.17. The van der Waals surface area contributed by atoms with Gasteiger partial charge in [0, 0.05) is 51.7 Å². The molecule has 7 heteroatoms. The summed E-state index contributed by atoms with van der Waals surface area (Å²) in [6.07, 6.45) is 2.78. The van der Waals surface area contributed by atoms with Gasteiger partial charge in [0.05, 0.1) is 11.6 Å². The minimum atomic E-state index is 0.0463. The average molecular weight is 365 g/mol. The molecule has 1 aliphatic heterocycles. The fraction of sp³-hybridized carbons (Fsp3) is 0.350. The number of rotatable bonds is 4. The van der Waals surface area contributed by atoms with E-state index >= 15 is 0 Å². The predicted octanol–water partition coefficient (Wildman–Crippen LogP) is 2.77. The van der Waals surface area contributed by atoms with Gasteiger partial charge >= 0.3 is 0 Å². The Morgan fingerprint density at radius 3 is 2.67 bits per heavy atom. The van der Waals surface area contributed by atoms with Crippen LogP contribution in [0.4, 0.5) is 5.69 Å². The summed E-state index contributed by atoms with van der Waals surface area (Å²) in [6.45, 7) is 1.30. The Bertz CT molecular complexity index is 941. The van der Waals surface area contributed by atoms with E-state index in [2.05, 4.69) is 10.1 Å². The zero-order chi connectivity index (χ0) is 19.0. The minimum Gasteiger partial charge on any atom is -0.378 e. The second-order valence-electron chi connectivity index (χ2n) is 7.14. The SMILES string of the molecule is CN(C)c1ccc(C(=O)N2CCC(c3nc(-c4cccn4C)no3)C2)cc1. The summed E-state index contributed by atoms with van der Waals surface area (Å²) < 4.78 is 7.44. The topological polar surface area (TPSA) is 67.4 Å². The Morgan fingerprint density at radius 1 is 1.22 bits per heavy atom. The highest BCUT2D eigenvalue weighted by Crippen LogP contribution is 2.29. The molecule has 140 valence electrons. The molecule has 0 saturated carbocycles. The van der Waals surface area contributed by atoms with Gasteiger partial charge < -0.3 is 18.9 Å². The van der Waals surface area contributed by atoms with Crippen molar-refractivity contribution >= 4 is 11.6 Å². The number of aromatic nitrogens is 3. The average Bonchev–Trinajstić information content (AvgIpc) is 3.40. The number of hydrogen-bond acceptors (Lipinski definition) is 5. The number of likely N-dealkylation sites (tertiary alicyclic amines) is 1. The first-order valence-corrected chi connectivity index (χ1v) is 9.05. The molecule has 1 saturated heterocycles. The molecule has 0 radical (unpaired) electrons. The number of benzene rings is 1. The Hall–Kier alpha value is -3.09. The summed E-state index contributed by atoms with van der Waals surface area (Å²) in [4.78, 5) is 21.2. The summed E-state index contributed by atoms with van der Waals surface area (Å²) in [5.74, 6) is 1.31. The van der Waals surface area contributed by atoms with Gasteiger partial charge in [0.2, 0.25) is 11.7 Å². The summed E-state index contributed by atoms with van der Waals surface area (Å²) in [7, 11) is 5.91. The number of amides is 1. The summed E-state index contributed by atoms with van der Waals surface area (Å²) in [5.41, 5.74) is 2.69. The number of carbonyl (C=O) groups excluding carboxylic acids is 1. The first kappa shape index (κ1) is 17.3. The zero-order valence-electron chi connectivity index (χ0n) is 15.8. The van der Waals surface area contributed by atoms with Gasteiger partial charge in [-0.05, 0) is 42.8 Å². The number of carbonyl (C=O) groups is 1. The van der Waals surface area contributed by atoms with Crippen LogP contribution in [0.3, 0.4) is 0 Å². The molecule has 7 nitrogen and oxygen atoms in total. The summed E-state index contributed by atoms with van der Waals surface area (Å²) in [5, 5.41) is 4.10. The van der Waals surface area contributed by atoms with Gasteiger partial charge in [-0.1, -0.05) is 5.16 Å². The van der Waals surface area contributed by atoms with Crippen molar-refractivity contribution in [2.24, 2.45) is 7.05 Å². The van der Waals surface area contributed by atoms with Crippen molar-refractivity contribution in [1.82, 2.24) is 19.6 Å². The molecule has 1 aliphatic rings. The third kappa shape index (κ3) is 3.32. The summed E-state index contributed by atoms with van der Waals surface area (Å²) >= 11 is 0. The van der Waals surface area contributed by atoms with Gasteiger partial charge in [0.15, 0.2) is 0 Å². The number of aryl methyl sites for hydroxylation is 1. The molecular formula is C20H23N5O2. The molecule has 4 rings (SSSR count). The number of hydrogen-bond donors (Lipinski definition) is 0. The first-order valence-electron chi connectivity index (χ1n) is 9.05. The highest BCUT2D eigenvalue weighted by atomic mass is 16.5. The lowest BCUT2D eigenvalue weighted by molar-refractivity contribution is 0.0789. The van der Waals surface area contributed by atoms with Crippen molar-refractivity contribution in [2.75, 3.05) is 32.1 Å². The normalized spacial score (nSPS) is 16.7. The Kier molecular flexibility index (Phi) is 4.43. The van der Waals surface area contributed by atoms with Gasteiger partial charge in [0.25, 0.3) is 5.91 Å². The third-order valence-electron chi connectivity index (χ3n) is 5.07. The van der Waals surface area contributed by atoms with E-state index in [-0.39, 0.29) is 11.8 Å². The van der Waals surface area contributed by atoms with E-state index < -0.39 is 0 Å². The van der Waals surface area contributed by atoms with Crippen LogP contribution in [0.2, 0.25) is 0 Å². The molecule has 3 heterocycles. The molecular weight excluding hydrogens is 342 g/mol. The minimum absolute atomic E-state index is 0.0463. The van der Waals surface area contributed by atoms with Crippen LogP contribution in [0.1, 0.15) is 28.6 Å². The van der Waals surface area contributed by atoms with Crippen LogP contribution in [0.25, 0.3) is 11.5 Å². The lowest BCUT2D eigenvalue weighted by Crippen LogP contribution is -2.28. The van der Waals surface area contributed by atoms with Crippen LogP contribution in [0.5, 0.6) is 0 Å². The van der Waals surface area contributed by atoms with Gasteiger partial charge in [-0.3, -0.25) is 4.79 Å². The van der Waals surface area contributed by atoms with Gasteiger partial charge in [-0.25, -0.2) is 0 Å². The predicted molar refractivity (Wildman–Crippen MR) is 103 cm³/mol. The maximum atomic E-state index is 12.8. The van der Waals surface area contributed by atoms with E-state index in [4.69, 9.17) is 4.52 Å². The van der Waals surface area contributed by atoms with Crippen LogP contribution in [-0.4, -0.2) is 52.7 Å². The van der Waals surface area contributed by atoms with Crippen LogP contribution >= 0.6 is 0 Å². The lowest BCUT2D eigenvalue weighted by atomic mass is 10.1. The van der Waals surface area contributed by atoms with E-state index in [0.29, 0.717) is 30.4 Å². The van der Waals surface area contributed by atoms with Gasteiger partial charge in [-0.2, -0.15) is 4.98 Å². The fourth-order valence-corrected chi connectivity index (χ4v) is 3.43. The second kappa shape index (κ2) is 6.90. The van der Waals surface area contributed by atoms with Gasteiger partial charge in [0.1, 0.15) is 0 Å². The third-order valence-corrected chi connectivity index (χ3v) is 5.07. The van der Waals surface area contributed by atoms with Crippen molar-refractivity contribution < 1.29 is 9.32 Å². The maximum absolute atomic E-state index is 12.8. The van der Waals surface area contributed by atoms with Crippen LogP contribution in [0.15, 0.2) is 47.1 Å². The molecule has 1 unspecified atom stereocenters. The smallest absolute Gasteiger partial charge is 0.253 e. The molecule has 3 aromatic rings. The van der Waals surface area contributed by atoms with Crippen LogP contribution in [0, 0.1) is 0 Å². The Balaban J connectivity index is 1.45. The Morgan fingerprint density at radius 2 is 2.00 bits per heavy atom. The fourth-order valence-electron chi connectivity index (χ4n) is 3.43. The highest BCUT2D eigenvalue weighted by molar-refractivity contribution is 5.94. The monoisotopic (exact) mass is 365 g/mol. The molecule has 1 amide bonds. The van der Waals surface area contributed by atoms with E-state index in [1.165, 1.54) is 0 Å². The largest absolute Gasteiger partial charge is 0.378 e. The number of anilines is 1. The van der Waals surface area contributed by atoms with Crippen LogP contribution in [-0.2, 0) is 7.05 Å². The molecule has 1 aromatic carbocycles. The molecule has 0 N–H and O–H groups in total. The second-order valence-corrected chi connectivity index (χ2v) is 7.14. The van der Waals surface area contributed by atoms with Crippen molar-refractivity contribution in [2.45, 2.75) is 12.3 Å². The van der Waals surface area contributed by atoms with Crippen molar-refractivity contribution in [3.8, 4) is 11.5 Å². The summed E-state index contributed by atoms with van der Waals surface area (Å²) in [6, 6.07) is 11.6. The van der Waals surface area contributed by atoms with Crippen molar-refractivity contribution in [1.29, 1.82) is 0 Å². The molecule has 27 heavy (non-hydrogen) atoms. The molecule has 0 spiro atoms. The van der Waals surface area contributed by atoms with Crippen LogP contribution < -0.4 is 4.90 Å².